The second-order valence-corrected chi connectivity index (χ2v) is 6.62. The lowest BCUT2D eigenvalue weighted by Crippen LogP contribution is -2.30. The highest BCUT2D eigenvalue weighted by Gasteiger charge is 2.29. The third-order valence-corrected chi connectivity index (χ3v) is 4.09. The highest BCUT2D eigenvalue weighted by Crippen LogP contribution is 2.29. The van der Waals surface area contributed by atoms with E-state index in [1.807, 2.05) is 13.8 Å². The van der Waals surface area contributed by atoms with Crippen LogP contribution in [0.15, 0.2) is 35.3 Å². The fraction of sp³-hybridized carbons (Fsp3) is 0.222. The summed E-state index contributed by atoms with van der Waals surface area (Å²) < 4.78 is 40.7. The molecule has 0 saturated carbocycles. The van der Waals surface area contributed by atoms with Crippen LogP contribution in [0.2, 0.25) is 0 Å². The van der Waals surface area contributed by atoms with Gasteiger partial charge in [0.25, 0.3) is 0 Å². The highest BCUT2D eigenvalue weighted by atomic mass is 19.2. The maximum Gasteiger partial charge on any atom is 0.201 e. The Bertz CT molecular complexity index is 1040. The van der Waals surface area contributed by atoms with Crippen LogP contribution in [0.25, 0.3) is 11.0 Å². The summed E-state index contributed by atoms with van der Waals surface area (Å²) >= 11 is 0. The standard InChI is InChI=1S/C18H13F3N4/c1-18(2)8-9-7-10(19)3-4-11(9)15(23-18)17-22-13-6-5-12(20)14(21)16(13)24-25-17/h3-7H,8H2,1-2H3. The molecule has 0 N–H and O–H groups in total. The molecular weight excluding hydrogens is 329 g/mol. The predicted molar refractivity (Wildman–Crippen MR) is 87.1 cm³/mol. The van der Waals surface area contributed by atoms with Gasteiger partial charge in [-0.25, -0.2) is 18.2 Å². The summed E-state index contributed by atoms with van der Waals surface area (Å²) in [6.45, 7) is 3.84. The van der Waals surface area contributed by atoms with Crippen molar-refractivity contribution in [2.45, 2.75) is 25.8 Å². The number of aliphatic imine (C=N–C) groups is 1. The summed E-state index contributed by atoms with van der Waals surface area (Å²) in [6, 6.07) is 6.76. The molecular formula is C18H13F3N4. The van der Waals surface area contributed by atoms with Gasteiger partial charge in [-0.2, -0.15) is 0 Å². The van der Waals surface area contributed by atoms with Gasteiger partial charge in [-0.1, -0.05) is 0 Å². The molecule has 1 aliphatic heterocycles. The fourth-order valence-electron chi connectivity index (χ4n) is 3.03. The molecule has 4 nitrogen and oxygen atoms in total. The summed E-state index contributed by atoms with van der Waals surface area (Å²) in [4.78, 5) is 8.95. The summed E-state index contributed by atoms with van der Waals surface area (Å²) in [7, 11) is 0. The van der Waals surface area contributed by atoms with E-state index in [4.69, 9.17) is 0 Å². The number of benzene rings is 2. The van der Waals surface area contributed by atoms with Crippen LogP contribution in [0.5, 0.6) is 0 Å². The van der Waals surface area contributed by atoms with Gasteiger partial charge in [0.15, 0.2) is 17.2 Å². The molecule has 0 spiro atoms. The second-order valence-electron chi connectivity index (χ2n) is 6.62. The largest absolute Gasteiger partial charge is 0.274 e. The quantitative estimate of drug-likeness (QED) is 0.679. The Hall–Kier alpha value is -2.83. The van der Waals surface area contributed by atoms with Gasteiger partial charge in [0.2, 0.25) is 5.82 Å². The summed E-state index contributed by atoms with van der Waals surface area (Å²) in [6.07, 6.45) is 0.574. The Morgan fingerprint density at radius 1 is 1.00 bits per heavy atom. The van der Waals surface area contributed by atoms with E-state index in [1.165, 1.54) is 18.2 Å². The van der Waals surface area contributed by atoms with E-state index < -0.39 is 17.2 Å². The van der Waals surface area contributed by atoms with Crippen LogP contribution in [0.4, 0.5) is 13.2 Å². The van der Waals surface area contributed by atoms with Crippen molar-refractivity contribution >= 4 is 16.7 Å². The minimum atomic E-state index is -1.09. The lowest BCUT2D eigenvalue weighted by molar-refractivity contribution is 0.509. The summed E-state index contributed by atoms with van der Waals surface area (Å²) in [5.41, 5.74) is 1.44. The number of nitrogens with zero attached hydrogens (tertiary/aromatic N) is 4. The normalized spacial score (nSPS) is 15.8. The van der Waals surface area contributed by atoms with Gasteiger partial charge in [0.1, 0.15) is 11.5 Å². The molecule has 1 aromatic heterocycles. The molecule has 25 heavy (non-hydrogen) atoms. The average molecular weight is 342 g/mol. The minimum absolute atomic E-state index is 0.179. The molecule has 0 fully saturated rings. The molecule has 0 atom stereocenters. The Kier molecular flexibility index (Phi) is 3.35. The number of rotatable bonds is 1. The van der Waals surface area contributed by atoms with Gasteiger partial charge < -0.3 is 0 Å². The molecule has 7 heteroatoms. The monoisotopic (exact) mass is 342 g/mol. The highest BCUT2D eigenvalue weighted by molar-refractivity contribution is 6.12. The molecule has 0 saturated heterocycles. The molecule has 126 valence electrons. The third kappa shape index (κ3) is 2.65. The zero-order valence-electron chi connectivity index (χ0n) is 13.5. The molecule has 1 aliphatic rings. The molecule has 0 aliphatic carbocycles. The lowest BCUT2D eigenvalue weighted by atomic mass is 9.86. The number of halogens is 3. The van der Waals surface area contributed by atoms with Crippen LogP contribution in [-0.4, -0.2) is 26.4 Å². The first kappa shape index (κ1) is 15.7. The summed E-state index contributed by atoms with van der Waals surface area (Å²) in [5.74, 6) is -2.23. The van der Waals surface area contributed by atoms with Crippen LogP contribution in [0.3, 0.4) is 0 Å². The van der Waals surface area contributed by atoms with Crippen molar-refractivity contribution in [2.75, 3.05) is 0 Å². The number of fused-ring (bicyclic) bond motifs is 2. The topological polar surface area (TPSA) is 51.0 Å². The summed E-state index contributed by atoms with van der Waals surface area (Å²) in [5, 5.41) is 7.70. The van der Waals surface area contributed by atoms with Crippen molar-refractivity contribution in [3.05, 3.63) is 64.7 Å². The van der Waals surface area contributed by atoms with Crippen LogP contribution >= 0.6 is 0 Å². The minimum Gasteiger partial charge on any atom is -0.274 e. The molecule has 0 bridgehead atoms. The van der Waals surface area contributed by atoms with Gasteiger partial charge in [0, 0.05) is 5.56 Å². The van der Waals surface area contributed by atoms with E-state index in [-0.39, 0.29) is 22.7 Å². The van der Waals surface area contributed by atoms with E-state index in [0.29, 0.717) is 17.7 Å². The number of aromatic nitrogens is 3. The maximum atomic E-state index is 13.8. The zero-order valence-corrected chi connectivity index (χ0v) is 13.5. The first-order valence-corrected chi connectivity index (χ1v) is 7.71. The zero-order chi connectivity index (χ0) is 17.8. The van der Waals surface area contributed by atoms with Crippen molar-refractivity contribution in [3.8, 4) is 0 Å². The van der Waals surface area contributed by atoms with Crippen LogP contribution < -0.4 is 0 Å². The van der Waals surface area contributed by atoms with E-state index >= 15 is 0 Å². The van der Waals surface area contributed by atoms with Crippen molar-refractivity contribution < 1.29 is 13.2 Å². The van der Waals surface area contributed by atoms with Gasteiger partial charge >= 0.3 is 0 Å². The van der Waals surface area contributed by atoms with Gasteiger partial charge in [-0.3, -0.25) is 4.99 Å². The van der Waals surface area contributed by atoms with Gasteiger partial charge in [-0.05, 0) is 56.2 Å². The van der Waals surface area contributed by atoms with Crippen LogP contribution in [0.1, 0.15) is 30.8 Å². The van der Waals surface area contributed by atoms with Crippen LogP contribution in [0, 0.1) is 17.5 Å². The second kappa shape index (κ2) is 5.34. The first-order chi connectivity index (χ1) is 11.8. The molecule has 2 heterocycles. The first-order valence-electron chi connectivity index (χ1n) is 7.71. The molecule has 2 aromatic carbocycles. The van der Waals surface area contributed by atoms with E-state index in [2.05, 4.69) is 20.2 Å². The van der Waals surface area contributed by atoms with Crippen molar-refractivity contribution in [2.24, 2.45) is 4.99 Å². The molecule has 3 aromatic rings. The smallest absolute Gasteiger partial charge is 0.201 e. The predicted octanol–water partition coefficient (Wildman–Crippen LogP) is 3.61. The van der Waals surface area contributed by atoms with Crippen molar-refractivity contribution in [3.63, 3.8) is 0 Å². The van der Waals surface area contributed by atoms with Crippen molar-refractivity contribution in [1.82, 2.24) is 15.2 Å². The maximum absolute atomic E-state index is 13.8. The van der Waals surface area contributed by atoms with E-state index in [9.17, 15) is 13.2 Å². The van der Waals surface area contributed by atoms with Crippen molar-refractivity contribution in [1.29, 1.82) is 0 Å². The van der Waals surface area contributed by atoms with Crippen LogP contribution in [-0.2, 0) is 6.42 Å². The lowest BCUT2D eigenvalue weighted by Gasteiger charge is -2.28. The number of hydrogen-bond donors (Lipinski definition) is 0. The van der Waals surface area contributed by atoms with Gasteiger partial charge in [0.05, 0.1) is 11.1 Å². The molecule has 0 amide bonds. The molecule has 0 radical (unpaired) electrons. The Morgan fingerprint density at radius 3 is 2.60 bits per heavy atom. The Morgan fingerprint density at radius 2 is 1.80 bits per heavy atom. The van der Waals surface area contributed by atoms with Gasteiger partial charge in [-0.15, -0.1) is 10.2 Å². The van der Waals surface area contributed by atoms with E-state index in [1.54, 1.807) is 6.07 Å². The number of hydrogen-bond acceptors (Lipinski definition) is 4. The SMILES string of the molecule is CC1(C)Cc2cc(F)ccc2C(c2nnc3c(F)c(F)ccc3n2)=N1. The molecule has 0 unspecified atom stereocenters. The Balaban J connectivity index is 1.93. The fourth-order valence-corrected chi connectivity index (χ4v) is 3.03. The Labute approximate surface area is 141 Å². The molecule has 4 rings (SSSR count). The van der Waals surface area contributed by atoms with E-state index in [0.717, 1.165) is 11.6 Å². The third-order valence-electron chi connectivity index (χ3n) is 4.09. The average Bonchev–Trinajstić information content (AvgIpc) is 2.56.